The van der Waals surface area contributed by atoms with Crippen LogP contribution in [0.3, 0.4) is 0 Å². The first-order chi connectivity index (χ1) is 8.19. The van der Waals surface area contributed by atoms with Crippen LogP contribution < -0.4 is 0 Å². The fourth-order valence-electron chi connectivity index (χ4n) is 2.40. The minimum atomic E-state index is -0.201. The minimum Gasteiger partial charge on any atom is -0.375 e. The Kier molecular flexibility index (Phi) is 4.41. The van der Waals surface area contributed by atoms with E-state index in [9.17, 15) is 4.39 Å². The lowest BCUT2D eigenvalue weighted by molar-refractivity contribution is 0.0478. The van der Waals surface area contributed by atoms with Gasteiger partial charge in [0.15, 0.2) is 0 Å². The van der Waals surface area contributed by atoms with Crippen molar-refractivity contribution < 1.29 is 9.13 Å². The highest BCUT2D eigenvalue weighted by atomic mass is 35.5. The molecule has 1 heterocycles. The molecule has 17 heavy (non-hydrogen) atoms. The van der Waals surface area contributed by atoms with Crippen LogP contribution >= 0.6 is 11.6 Å². The topological polar surface area (TPSA) is 9.23 Å². The molecule has 0 aromatic heterocycles. The van der Waals surface area contributed by atoms with Crippen molar-refractivity contribution in [2.24, 2.45) is 0 Å². The number of halogens is 2. The molecule has 1 aliphatic rings. The van der Waals surface area contributed by atoms with Gasteiger partial charge in [0.25, 0.3) is 0 Å². The number of hydrogen-bond donors (Lipinski definition) is 0. The van der Waals surface area contributed by atoms with Crippen molar-refractivity contribution in [3.8, 4) is 0 Å². The van der Waals surface area contributed by atoms with Gasteiger partial charge in [-0.15, -0.1) is 11.6 Å². The highest BCUT2D eigenvalue weighted by Gasteiger charge is 2.25. The van der Waals surface area contributed by atoms with Crippen molar-refractivity contribution in [1.82, 2.24) is 0 Å². The zero-order valence-electron chi connectivity index (χ0n) is 10.0. The van der Waals surface area contributed by atoms with E-state index in [2.05, 4.69) is 6.92 Å². The minimum absolute atomic E-state index is 0.201. The van der Waals surface area contributed by atoms with Crippen LogP contribution in [-0.2, 0) is 4.74 Å². The third-order valence-corrected chi connectivity index (χ3v) is 3.77. The normalized spacial score (nSPS) is 26.1. The Hall–Kier alpha value is -0.600. The summed E-state index contributed by atoms with van der Waals surface area (Å²) >= 11 is 6.01. The van der Waals surface area contributed by atoms with Crippen molar-refractivity contribution >= 4 is 11.6 Å². The molecule has 1 aromatic carbocycles. The maximum Gasteiger partial charge on any atom is 0.123 e. The van der Waals surface area contributed by atoms with Gasteiger partial charge in [-0.3, -0.25) is 0 Å². The van der Waals surface area contributed by atoms with Crippen LogP contribution in [0.2, 0.25) is 0 Å². The summed E-state index contributed by atoms with van der Waals surface area (Å²) in [6.45, 7) is 2.10. The lowest BCUT2D eigenvalue weighted by Gasteiger charge is -2.19. The van der Waals surface area contributed by atoms with Gasteiger partial charge in [-0.25, -0.2) is 4.39 Å². The maximum atomic E-state index is 12.9. The summed E-state index contributed by atoms with van der Waals surface area (Å²) in [5.74, 6) is 0.611. The van der Waals surface area contributed by atoms with Crippen molar-refractivity contribution in [2.75, 3.05) is 5.88 Å². The number of rotatable bonds is 4. The van der Waals surface area contributed by atoms with E-state index in [4.69, 9.17) is 16.3 Å². The molecule has 0 amide bonds. The molecule has 0 bridgehead atoms. The van der Waals surface area contributed by atoms with E-state index in [1.807, 2.05) is 12.1 Å². The predicted octanol–water partition coefficient (Wildman–Crippen LogP) is 4.11. The molecule has 0 spiro atoms. The first kappa shape index (κ1) is 12.8. The molecule has 1 aromatic rings. The lowest BCUT2D eigenvalue weighted by atomic mass is 9.94. The molecule has 1 fully saturated rings. The molecule has 94 valence electrons. The summed E-state index contributed by atoms with van der Waals surface area (Å²) in [7, 11) is 0. The van der Waals surface area contributed by atoms with Crippen LogP contribution in [0.5, 0.6) is 0 Å². The molecule has 0 saturated carbocycles. The van der Waals surface area contributed by atoms with Crippen LogP contribution in [0.15, 0.2) is 24.3 Å². The van der Waals surface area contributed by atoms with Crippen molar-refractivity contribution in [2.45, 2.75) is 44.3 Å². The molecule has 0 aliphatic carbocycles. The summed E-state index contributed by atoms with van der Waals surface area (Å²) in [5.41, 5.74) is 1.10. The van der Waals surface area contributed by atoms with Gasteiger partial charge in [0.1, 0.15) is 5.82 Å². The first-order valence-electron chi connectivity index (χ1n) is 6.16. The highest BCUT2D eigenvalue weighted by molar-refractivity contribution is 6.18. The Labute approximate surface area is 107 Å². The Morgan fingerprint density at radius 1 is 1.35 bits per heavy atom. The third kappa shape index (κ3) is 3.43. The standard InChI is InChI=1S/C14H18ClFO/c1-10-2-7-14(17-10)8-12(9-15)11-3-5-13(16)6-4-11/h3-6,10,12,14H,2,7-9H2,1H3. The number of benzene rings is 1. The van der Waals surface area contributed by atoms with E-state index in [-0.39, 0.29) is 11.7 Å². The van der Waals surface area contributed by atoms with Gasteiger partial charge in [-0.1, -0.05) is 12.1 Å². The van der Waals surface area contributed by atoms with Gasteiger partial charge in [0.2, 0.25) is 0 Å². The molecule has 0 N–H and O–H groups in total. The van der Waals surface area contributed by atoms with Crippen LogP contribution in [0.4, 0.5) is 4.39 Å². The SMILES string of the molecule is CC1CCC(CC(CCl)c2ccc(F)cc2)O1. The fraction of sp³-hybridized carbons (Fsp3) is 0.571. The zero-order chi connectivity index (χ0) is 12.3. The summed E-state index contributed by atoms with van der Waals surface area (Å²) in [4.78, 5) is 0. The van der Waals surface area contributed by atoms with E-state index in [0.717, 1.165) is 24.8 Å². The predicted molar refractivity (Wildman–Crippen MR) is 68.0 cm³/mol. The van der Waals surface area contributed by atoms with Crippen molar-refractivity contribution in [3.05, 3.63) is 35.6 Å². The van der Waals surface area contributed by atoms with Crippen LogP contribution in [0, 0.1) is 5.82 Å². The summed E-state index contributed by atoms with van der Waals surface area (Å²) in [6.07, 6.45) is 3.83. The van der Waals surface area contributed by atoms with Crippen molar-refractivity contribution in [3.63, 3.8) is 0 Å². The molecule has 0 radical (unpaired) electrons. The number of ether oxygens (including phenoxy) is 1. The third-order valence-electron chi connectivity index (χ3n) is 3.40. The Morgan fingerprint density at radius 3 is 2.59 bits per heavy atom. The molecule has 3 unspecified atom stereocenters. The number of alkyl halides is 1. The van der Waals surface area contributed by atoms with Gasteiger partial charge in [0, 0.05) is 5.88 Å². The lowest BCUT2D eigenvalue weighted by Crippen LogP contribution is -2.14. The fourth-order valence-corrected chi connectivity index (χ4v) is 2.70. The molecule has 3 atom stereocenters. The average molecular weight is 257 g/mol. The van der Waals surface area contributed by atoms with E-state index < -0.39 is 0 Å². The van der Waals surface area contributed by atoms with Crippen LogP contribution in [-0.4, -0.2) is 18.1 Å². The van der Waals surface area contributed by atoms with Gasteiger partial charge in [-0.05, 0) is 49.8 Å². The van der Waals surface area contributed by atoms with E-state index >= 15 is 0 Å². The quantitative estimate of drug-likeness (QED) is 0.737. The Morgan fingerprint density at radius 2 is 2.06 bits per heavy atom. The molecule has 3 heteroatoms. The Bertz CT molecular complexity index is 352. The average Bonchev–Trinajstić information content (AvgIpc) is 2.73. The summed E-state index contributed by atoms with van der Waals surface area (Å²) in [5, 5.41) is 0. The van der Waals surface area contributed by atoms with Crippen molar-refractivity contribution in [1.29, 1.82) is 0 Å². The van der Waals surface area contributed by atoms with E-state index in [0.29, 0.717) is 18.1 Å². The summed E-state index contributed by atoms with van der Waals surface area (Å²) in [6, 6.07) is 6.63. The van der Waals surface area contributed by atoms with Crippen LogP contribution in [0.25, 0.3) is 0 Å². The van der Waals surface area contributed by atoms with Gasteiger partial charge >= 0.3 is 0 Å². The molecule has 1 nitrogen and oxygen atoms in total. The van der Waals surface area contributed by atoms with E-state index in [1.54, 1.807) is 0 Å². The smallest absolute Gasteiger partial charge is 0.123 e. The second-order valence-corrected chi connectivity index (χ2v) is 5.09. The van der Waals surface area contributed by atoms with Crippen LogP contribution in [0.1, 0.15) is 37.7 Å². The molecule has 1 aliphatic heterocycles. The maximum absolute atomic E-state index is 12.9. The second kappa shape index (κ2) is 5.83. The molecular weight excluding hydrogens is 239 g/mol. The first-order valence-corrected chi connectivity index (χ1v) is 6.69. The summed E-state index contributed by atoms with van der Waals surface area (Å²) < 4.78 is 18.7. The van der Waals surface area contributed by atoms with Gasteiger partial charge < -0.3 is 4.74 Å². The van der Waals surface area contributed by atoms with Gasteiger partial charge in [-0.2, -0.15) is 0 Å². The van der Waals surface area contributed by atoms with Gasteiger partial charge in [0.05, 0.1) is 12.2 Å². The monoisotopic (exact) mass is 256 g/mol. The highest BCUT2D eigenvalue weighted by Crippen LogP contribution is 2.30. The zero-order valence-corrected chi connectivity index (χ0v) is 10.8. The molecule has 2 rings (SSSR count). The number of hydrogen-bond acceptors (Lipinski definition) is 1. The largest absolute Gasteiger partial charge is 0.375 e. The van der Waals surface area contributed by atoms with E-state index in [1.165, 1.54) is 12.1 Å². The Balaban J connectivity index is 1.98. The molecule has 1 saturated heterocycles. The molecular formula is C14H18ClFO. The second-order valence-electron chi connectivity index (χ2n) is 4.78.